The SMILES string of the molecule is Nc1nc2cc(Cl)cnc2n1Cc1ccc(F)cc1F. The van der Waals surface area contributed by atoms with Crippen LogP contribution in [-0.4, -0.2) is 14.5 Å². The van der Waals surface area contributed by atoms with Crippen LogP contribution in [0.4, 0.5) is 14.7 Å². The Morgan fingerprint density at radius 3 is 2.80 bits per heavy atom. The van der Waals surface area contributed by atoms with Crippen LogP contribution in [0.2, 0.25) is 5.02 Å². The van der Waals surface area contributed by atoms with Crippen molar-refractivity contribution in [1.29, 1.82) is 0 Å². The first-order valence-corrected chi connectivity index (χ1v) is 6.13. The molecule has 0 amide bonds. The van der Waals surface area contributed by atoms with Crippen LogP contribution in [0.25, 0.3) is 11.2 Å². The summed E-state index contributed by atoms with van der Waals surface area (Å²) in [6.07, 6.45) is 1.46. The summed E-state index contributed by atoms with van der Waals surface area (Å²) in [5.74, 6) is -1.07. The topological polar surface area (TPSA) is 56.7 Å². The number of fused-ring (bicyclic) bond motifs is 1. The minimum Gasteiger partial charge on any atom is -0.369 e. The molecule has 0 bridgehead atoms. The Balaban J connectivity index is 2.08. The van der Waals surface area contributed by atoms with E-state index in [1.165, 1.54) is 18.3 Å². The molecule has 4 nitrogen and oxygen atoms in total. The lowest BCUT2D eigenvalue weighted by molar-refractivity contribution is 0.567. The average molecular weight is 295 g/mol. The van der Waals surface area contributed by atoms with Gasteiger partial charge in [-0.05, 0) is 12.1 Å². The summed E-state index contributed by atoms with van der Waals surface area (Å²) in [6.45, 7) is 0.114. The Hall–Kier alpha value is -2.21. The highest BCUT2D eigenvalue weighted by Crippen LogP contribution is 2.21. The van der Waals surface area contributed by atoms with Gasteiger partial charge in [0.15, 0.2) is 5.65 Å². The van der Waals surface area contributed by atoms with Gasteiger partial charge >= 0.3 is 0 Å². The van der Waals surface area contributed by atoms with Crippen LogP contribution in [0.5, 0.6) is 0 Å². The van der Waals surface area contributed by atoms with Gasteiger partial charge in [-0.1, -0.05) is 17.7 Å². The van der Waals surface area contributed by atoms with Crippen molar-refractivity contribution >= 4 is 28.7 Å². The molecule has 3 aromatic rings. The van der Waals surface area contributed by atoms with Crippen molar-refractivity contribution in [2.24, 2.45) is 0 Å². The molecule has 0 spiro atoms. The highest BCUT2D eigenvalue weighted by Gasteiger charge is 2.12. The molecular formula is C13H9ClF2N4. The van der Waals surface area contributed by atoms with Gasteiger partial charge in [0.2, 0.25) is 5.95 Å². The van der Waals surface area contributed by atoms with Crippen LogP contribution in [0.1, 0.15) is 5.56 Å². The van der Waals surface area contributed by atoms with Crippen LogP contribution in [-0.2, 0) is 6.54 Å². The summed E-state index contributed by atoms with van der Waals surface area (Å²) >= 11 is 5.83. The minimum atomic E-state index is -0.639. The minimum absolute atomic E-state index is 0.114. The number of halogens is 3. The van der Waals surface area contributed by atoms with E-state index in [1.807, 2.05) is 0 Å². The molecule has 0 aliphatic carbocycles. The fourth-order valence-electron chi connectivity index (χ4n) is 1.98. The van der Waals surface area contributed by atoms with Gasteiger partial charge in [0, 0.05) is 17.8 Å². The fourth-order valence-corrected chi connectivity index (χ4v) is 2.13. The van der Waals surface area contributed by atoms with E-state index in [4.69, 9.17) is 17.3 Å². The number of pyridine rings is 1. The van der Waals surface area contributed by atoms with Gasteiger partial charge in [0.05, 0.1) is 11.6 Å². The molecule has 0 unspecified atom stereocenters. The summed E-state index contributed by atoms with van der Waals surface area (Å²) in [6, 6.07) is 5.01. The second-order valence-corrected chi connectivity index (χ2v) is 4.72. The van der Waals surface area contributed by atoms with E-state index >= 15 is 0 Å². The summed E-state index contributed by atoms with van der Waals surface area (Å²) in [5.41, 5.74) is 7.13. The van der Waals surface area contributed by atoms with E-state index in [0.717, 1.165) is 6.07 Å². The van der Waals surface area contributed by atoms with Crippen LogP contribution in [0.15, 0.2) is 30.5 Å². The smallest absolute Gasteiger partial charge is 0.202 e. The molecule has 0 aliphatic rings. The first kappa shape index (κ1) is 12.8. The third kappa shape index (κ3) is 2.18. The molecule has 3 rings (SSSR count). The quantitative estimate of drug-likeness (QED) is 0.790. The number of imidazole rings is 1. The molecule has 20 heavy (non-hydrogen) atoms. The number of nitrogens with two attached hydrogens (primary N) is 1. The highest BCUT2D eigenvalue weighted by atomic mass is 35.5. The molecule has 0 atom stereocenters. The van der Waals surface area contributed by atoms with Crippen molar-refractivity contribution < 1.29 is 8.78 Å². The van der Waals surface area contributed by atoms with Crippen molar-refractivity contribution in [3.8, 4) is 0 Å². The largest absolute Gasteiger partial charge is 0.369 e. The number of hydrogen-bond acceptors (Lipinski definition) is 3. The van der Waals surface area contributed by atoms with E-state index in [1.54, 1.807) is 10.6 Å². The van der Waals surface area contributed by atoms with Gasteiger partial charge in [-0.3, -0.25) is 4.57 Å². The third-order valence-electron chi connectivity index (χ3n) is 2.92. The molecular weight excluding hydrogens is 286 g/mol. The zero-order chi connectivity index (χ0) is 14.3. The number of hydrogen-bond donors (Lipinski definition) is 1. The van der Waals surface area contributed by atoms with Gasteiger partial charge in [0.25, 0.3) is 0 Å². The molecule has 0 radical (unpaired) electrons. The Morgan fingerprint density at radius 2 is 2.05 bits per heavy atom. The monoisotopic (exact) mass is 294 g/mol. The number of nitrogen functional groups attached to an aromatic ring is 1. The Kier molecular flexibility index (Phi) is 3.02. The standard InChI is InChI=1S/C13H9ClF2N4/c14-8-3-11-12(18-5-8)20(13(17)19-11)6-7-1-2-9(15)4-10(7)16/h1-5H,6H2,(H2,17,19). The maximum Gasteiger partial charge on any atom is 0.202 e. The predicted octanol–water partition coefficient (Wildman–Crippen LogP) is 2.99. The van der Waals surface area contributed by atoms with Gasteiger partial charge in [-0.2, -0.15) is 0 Å². The van der Waals surface area contributed by atoms with Gasteiger partial charge in [-0.15, -0.1) is 0 Å². The van der Waals surface area contributed by atoms with Crippen molar-refractivity contribution in [1.82, 2.24) is 14.5 Å². The summed E-state index contributed by atoms with van der Waals surface area (Å²) < 4.78 is 28.1. The van der Waals surface area contributed by atoms with Crippen LogP contribution in [0, 0.1) is 11.6 Å². The number of aromatic nitrogens is 3. The Morgan fingerprint density at radius 1 is 1.25 bits per heavy atom. The van der Waals surface area contributed by atoms with E-state index in [2.05, 4.69) is 9.97 Å². The molecule has 2 N–H and O–H groups in total. The lowest BCUT2D eigenvalue weighted by Gasteiger charge is -2.07. The normalized spacial score (nSPS) is 11.2. The van der Waals surface area contributed by atoms with Crippen molar-refractivity contribution in [3.05, 3.63) is 52.7 Å². The van der Waals surface area contributed by atoms with E-state index in [9.17, 15) is 8.78 Å². The number of nitrogens with zero attached hydrogens (tertiary/aromatic N) is 3. The van der Waals surface area contributed by atoms with Crippen LogP contribution >= 0.6 is 11.6 Å². The lowest BCUT2D eigenvalue weighted by atomic mass is 10.2. The van der Waals surface area contributed by atoms with E-state index in [0.29, 0.717) is 21.7 Å². The molecule has 0 saturated heterocycles. The van der Waals surface area contributed by atoms with Crippen LogP contribution in [0.3, 0.4) is 0 Å². The Labute approximate surface area is 117 Å². The van der Waals surface area contributed by atoms with Crippen molar-refractivity contribution in [2.45, 2.75) is 6.54 Å². The van der Waals surface area contributed by atoms with Crippen molar-refractivity contribution in [3.63, 3.8) is 0 Å². The van der Waals surface area contributed by atoms with Gasteiger partial charge < -0.3 is 5.73 Å². The first-order valence-electron chi connectivity index (χ1n) is 5.76. The third-order valence-corrected chi connectivity index (χ3v) is 3.13. The lowest BCUT2D eigenvalue weighted by Crippen LogP contribution is -2.07. The summed E-state index contributed by atoms with van der Waals surface area (Å²) in [7, 11) is 0. The number of anilines is 1. The molecule has 2 aromatic heterocycles. The van der Waals surface area contributed by atoms with E-state index < -0.39 is 11.6 Å². The van der Waals surface area contributed by atoms with E-state index in [-0.39, 0.29) is 12.5 Å². The van der Waals surface area contributed by atoms with Crippen LogP contribution < -0.4 is 5.73 Å². The predicted molar refractivity (Wildman–Crippen MR) is 72.4 cm³/mol. The molecule has 102 valence electrons. The second-order valence-electron chi connectivity index (χ2n) is 4.29. The second kappa shape index (κ2) is 4.72. The fraction of sp³-hybridized carbons (Fsp3) is 0.0769. The average Bonchev–Trinajstić information content (AvgIpc) is 2.68. The molecule has 1 aromatic carbocycles. The summed E-state index contributed by atoms with van der Waals surface area (Å²) in [4.78, 5) is 8.25. The summed E-state index contributed by atoms with van der Waals surface area (Å²) in [5, 5.41) is 0.440. The zero-order valence-corrected chi connectivity index (χ0v) is 10.9. The molecule has 2 heterocycles. The number of rotatable bonds is 2. The maximum absolute atomic E-state index is 13.7. The molecule has 0 fully saturated rings. The molecule has 7 heteroatoms. The van der Waals surface area contributed by atoms with Gasteiger partial charge in [-0.25, -0.2) is 18.7 Å². The maximum atomic E-state index is 13.7. The van der Waals surface area contributed by atoms with Gasteiger partial charge in [0.1, 0.15) is 17.2 Å². The number of benzene rings is 1. The highest BCUT2D eigenvalue weighted by molar-refractivity contribution is 6.31. The zero-order valence-electron chi connectivity index (χ0n) is 10.1. The molecule has 0 saturated carbocycles. The first-order chi connectivity index (χ1) is 9.54. The molecule has 0 aliphatic heterocycles. The van der Waals surface area contributed by atoms with Crippen molar-refractivity contribution in [2.75, 3.05) is 5.73 Å². The Bertz CT molecular complexity index is 800.